The van der Waals surface area contributed by atoms with Crippen molar-refractivity contribution in [2.24, 2.45) is 5.92 Å². The van der Waals surface area contributed by atoms with Crippen LogP contribution in [-0.4, -0.2) is 78.2 Å². The Bertz CT molecular complexity index is 1600. The Balaban J connectivity index is 1.42. The molecule has 2 unspecified atom stereocenters. The van der Waals surface area contributed by atoms with Crippen molar-refractivity contribution in [1.82, 2.24) is 20.4 Å². The third-order valence-electron chi connectivity index (χ3n) is 8.41. The number of fused-ring (bicyclic) bond motifs is 1. The summed E-state index contributed by atoms with van der Waals surface area (Å²) in [5, 5.41) is 20.6. The normalized spacial score (nSPS) is 18.2. The minimum absolute atomic E-state index is 0.0127. The zero-order valence-corrected chi connectivity index (χ0v) is 25.8. The maximum absolute atomic E-state index is 13.9. The van der Waals surface area contributed by atoms with Crippen LogP contribution in [0.3, 0.4) is 0 Å². The third kappa shape index (κ3) is 7.52. The molecule has 5 rings (SSSR count). The summed E-state index contributed by atoms with van der Waals surface area (Å²) in [4.78, 5) is 56.6. The average Bonchev–Trinajstić information content (AvgIpc) is 3.67. The second-order valence-electron chi connectivity index (χ2n) is 11.7. The van der Waals surface area contributed by atoms with Crippen LogP contribution in [0, 0.1) is 24.2 Å². The number of anilines is 1. The highest BCUT2D eigenvalue weighted by Gasteiger charge is 2.36. The highest BCUT2D eigenvalue weighted by Crippen LogP contribution is 2.25. The smallest absolute Gasteiger partial charge is 0.251 e. The van der Waals surface area contributed by atoms with E-state index in [1.165, 1.54) is 6.07 Å². The van der Waals surface area contributed by atoms with Crippen LogP contribution < -0.4 is 16.0 Å². The van der Waals surface area contributed by atoms with E-state index in [1.807, 2.05) is 25.1 Å². The largest absolute Gasteiger partial charge is 0.461 e. The number of carbonyl (C=O) groups is 4. The molecule has 3 atom stereocenters. The van der Waals surface area contributed by atoms with Gasteiger partial charge in [-0.25, -0.2) is 0 Å². The molecule has 1 aromatic heterocycles. The van der Waals surface area contributed by atoms with Crippen LogP contribution in [0.5, 0.6) is 0 Å². The van der Waals surface area contributed by atoms with Crippen molar-refractivity contribution in [2.45, 2.75) is 58.2 Å². The van der Waals surface area contributed by atoms with Crippen molar-refractivity contribution >= 4 is 40.2 Å². The van der Waals surface area contributed by atoms with E-state index in [2.05, 4.69) is 22.0 Å². The standard InChI is InChI=1S/C34H40N6O5/c1-3-36-33(43)24-10-8-9-23(18-24)31(42)27(20-35)32(37-26-12-13-29-25(19-26)17-22(2)45-29)38-28-11-4-5-16-40(34(28)44)21-30(41)39-14-6-7-15-39/h8-10,12-13,17-19,27-28,32,37-38H,3-7,11,14-16,21H2,1-2H3,(H,36,43)/t27?,28-,32?/m0/s1. The Kier molecular flexibility index (Phi) is 10.1. The van der Waals surface area contributed by atoms with E-state index in [0.717, 1.165) is 36.8 Å². The van der Waals surface area contributed by atoms with Crippen LogP contribution in [0.15, 0.2) is 52.9 Å². The summed E-state index contributed by atoms with van der Waals surface area (Å²) < 4.78 is 5.71. The molecular formula is C34H40N6O5. The van der Waals surface area contributed by atoms with Crippen LogP contribution in [0.2, 0.25) is 0 Å². The monoisotopic (exact) mass is 612 g/mol. The Morgan fingerprint density at radius 1 is 1.02 bits per heavy atom. The fourth-order valence-electron chi connectivity index (χ4n) is 6.07. The second-order valence-corrected chi connectivity index (χ2v) is 11.7. The van der Waals surface area contributed by atoms with Gasteiger partial charge in [-0.2, -0.15) is 5.26 Å². The summed E-state index contributed by atoms with van der Waals surface area (Å²) in [7, 11) is 0. The van der Waals surface area contributed by atoms with E-state index in [9.17, 15) is 24.4 Å². The molecule has 236 valence electrons. The molecule has 3 aromatic rings. The lowest BCUT2D eigenvalue weighted by atomic mass is 9.93. The van der Waals surface area contributed by atoms with E-state index in [-0.39, 0.29) is 29.8 Å². The molecule has 2 fully saturated rings. The molecule has 2 aliphatic heterocycles. The first-order valence-corrected chi connectivity index (χ1v) is 15.7. The van der Waals surface area contributed by atoms with E-state index in [4.69, 9.17) is 4.42 Å². The molecule has 0 aliphatic carbocycles. The summed E-state index contributed by atoms with van der Waals surface area (Å²) in [5.74, 6) is -1.60. The zero-order valence-electron chi connectivity index (χ0n) is 25.8. The first kappa shape index (κ1) is 31.7. The topological polar surface area (TPSA) is 148 Å². The van der Waals surface area contributed by atoms with Crippen LogP contribution in [-0.2, 0) is 9.59 Å². The summed E-state index contributed by atoms with van der Waals surface area (Å²) in [6.07, 6.45) is 2.95. The van der Waals surface area contributed by atoms with Crippen molar-refractivity contribution in [2.75, 3.05) is 38.0 Å². The molecule has 2 saturated heterocycles. The van der Waals surface area contributed by atoms with Gasteiger partial charge in [0.25, 0.3) is 5.91 Å². The predicted octanol–water partition coefficient (Wildman–Crippen LogP) is 3.84. The van der Waals surface area contributed by atoms with Crippen LogP contribution in [0.4, 0.5) is 5.69 Å². The number of amides is 3. The number of ketones is 1. The molecule has 11 heteroatoms. The first-order valence-electron chi connectivity index (χ1n) is 15.7. The summed E-state index contributed by atoms with van der Waals surface area (Å²) in [5.41, 5.74) is 1.86. The predicted molar refractivity (Wildman–Crippen MR) is 169 cm³/mol. The van der Waals surface area contributed by atoms with E-state index in [1.54, 1.807) is 41.0 Å². The number of nitrogens with one attached hydrogen (secondary N) is 3. The molecule has 45 heavy (non-hydrogen) atoms. The van der Waals surface area contributed by atoms with Gasteiger partial charge in [0.05, 0.1) is 18.7 Å². The molecule has 3 amide bonds. The van der Waals surface area contributed by atoms with Gasteiger partial charge in [0.15, 0.2) is 5.78 Å². The molecule has 3 heterocycles. The fourth-order valence-corrected chi connectivity index (χ4v) is 6.07. The molecule has 0 radical (unpaired) electrons. The number of carbonyl (C=O) groups excluding carboxylic acids is 4. The molecular weight excluding hydrogens is 572 g/mol. The fraction of sp³-hybridized carbons (Fsp3) is 0.441. The first-order chi connectivity index (χ1) is 21.8. The van der Waals surface area contributed by atoms with E-state index >= 15 is 0 Å². The number of nitriles is 1. The number of rotatable bonds is 11. The Labute approximate surface area is 262 Å². The molecule has 0 spiro atoms. The van der Waals surface area contributed by atoms with Crippen LogP contribution in [0.25, 0.3) is 11.0 Å². The van der Waals surface area contributed by atoms with Gasteiger partial charge < -0.3 is 24.9 Å². The molecule has 0 bridgehead atoms. The number of nitrogens with zero attached hydrogens (tertiary/aromatic N) is 3. The summed E-state index contributed by atoms with van der Waals surface area (Å²) in [6.45, 7) is 6.00. The maximum atomic E-state index is 13.9. The van der Waals surface area contributed by atoms with E-state index < -0.39 is 23.9 Å². The minimum atomic E-state index is -1.26. The molecule has 2 aliphatic rings. The number of hydrogen-bond donors (Lipinski definition) is 3. The minimum Gasteiger partial charge on any atom is -0.461 e. The van der Waals surface area contributed by atoms with E-state index in [0.29, 0.717) is 49.4 Å². The number of benzene rings is 2. The quantitative estimate of drug-likeness (QED) is 0.219. The lowest BCUT2D eigenvalue weighted by Crippen LogP contribution is -2.55. The van der Waals surface area contributed by atoms with Gasteiger partial charge in [-0.1, -0.05) is 12.1 Å². The Hall–Kier alpha value is -4.69. The van der Waals surface area contributed by atoms with Crippen molar-refractivity contribution in [3.63, 3.8) is 0 Å². The Morgan fingerprint density at radius 2 is 1.78 bits per heavy atom. The number of aryl methyl sites for hydroxylation is 1. The molecule has 11 nitrogen and oxygen atoms in total. The maximum Gasteiger partial charge on any atom is 0.251 e. The van der Waals surface area contributed by atoms with Crippen molar-refractivity contribution < 1.29 is 23.6 Å². The molecule has 3 N–H and O–H groups in total. The molecule has 2 aromatic carbocycles. The second kappa shape index (κ2) is 14.4. The number of likely N-dealkylation sites (tertiary alicyclic amines) is 2. The lowest BCUT2D eigenvalue weighted by Gasteiger charge is -2.31. The number of hydrogen-bond acceptors (Lipinski definition) is 8. The van der Waals surface area contributed by atoms with Gasteiger partial charge in [-0.05, 0) is 82.3 Å². The van der Waals surface area contributed by atoms with Crippen LogP contribution in [0.1, 0.15) is 65.5 Å². The summed E-state index contributed by atoms with van der Waals surface area (Å²) >= 11 is 0. The average molecular weight is 613 g/mol. The molecule has 0 saturated carbocycles. The SMILES string of the molecule is CCNC(=O)c1cccc(C(=O)C(C#N)C(Nc2ccc3oc(C)cc3c2)N[C@H]2CCCCN(CC(=O)N3CCCC3)C2=O)c1. The van der Waals surface area contributed by atoms with Crippen molar-refractivity contribution in [3.8, 4) is 6.07 Å². The van der Waals surface area contributed by atoms with Crippen molar-refractivity contribution in [3.05, 3.63) is 65.4 Å². The highest BCUT2D eigenvalue weighted by atomic mass is 16.3. The Morgan fingerprint density at radius 3 is 2.53 bits per heavy atom. The van der Waals surface area contributed by atoms with Gasteiger partial charge in [0.2, 0.25) is 11.8 Å². The highest BCUT2D eigenvalue weighted by molar-refractivity contribution is 6.03. The van der Waals surface area contributed by atoms with Gasteiger partial charge in [-0.15, -0.1) is 0 Å². The third-order valence-corrected chi connectivity index (χ3v) is 8.41. The van der Waals surface area contributed by atoms with Gasteiger partial charge in [-0.3, -0.25) is 24.5 Å². The number of furan rings is 1. The lowest BCUT2D eigenvalue weighted by molar-refractivity contribution is -0.140. The van der Waals surface area contributed by atoms with Gasteiger partial charge in [0, 0.05) is 48.4 Å². The van der Waals surface area contributed by atoms with Crippen LogP contribution >= 0.6 is 0 Å². The van der Waals surface area contributed by atoms with Gasteiger partial charge in [0.1, 0.15) is 23.4 Å². The summed E-state index contributed by atoms with van der Waals surface area (Å²) in [6, 6.07) is 15.1. The van der Waals surface area contributed by atoms with Gasteiger partial charge >= 0.3 is 0 Å². The van der Waals surface area contributed by atoms with Crippen molar-refractivity contribution in [1.29, 1.82) is 5.26 Å². The number of Topliss-reactive ketones (excluding diaryl/α,β-unsaturated/α-hetero) is 1. The zero-order chi connectivity index (χ0) is 31.9.